The topological polar surface area (TPSA) is 33.0 Å². The first-order valence-electron chi connectivity index (χ1n) is 2.07. The molecule has 1 aliphatic rings. The minimum absolute atomic E-state index is 0.302. The molecule has 0 N–H and O–H groups in total. The summed E-state index contributed by atoms with van der Waals surface area (Å²) in [6, 6.07) is 1.06. The Bertz CT molecular complexity index is 143. The van der Waals surface area contributed by atoms with E-state index < -0.39 is 12.0 Å². The van der Waals surface area contributed by atoms with E-state index in [1.165, 1.54) is 0 Å². The number of rotatable bonds is 0. The third kappa shape index (κ3) is 0.482. The van der Waals surface area contributed by atoms with Crippen molar-refractivity contribution >= 4 is 0 Å². The molecule has 8 heavy (non-hydrogen) atoms. The molecule has 1 heterocycles. The molecule has 1 fully saturated rings. The van der Waals surface area contributed by atoms with Crippen LogP contribution >= 0.6 is 0 Å². The molecule has 0 aliphatic carbocycles. The van der Waals surface area contributed by atoms with Crippen LogP contribution in [0.5, 0.6) is 0 Å². The zero-order valence-electron chi connectivity index (χ0n) is 3.90. The SMILES string of the molecule is N#CC1(F)OCC1F. The highest BCUT2D eigenvalue weighted by atomic mass is 19.2. The van der Waals surface area contributed by atoms with E-state index >= 15 is 0 Å². The molecule has 0 saturated carbocycles. The van der Waals surface area contributed by atoms with Crippen LogP contribution in [0.25, 0.3) is 0 Å². The molecule has 0 aromatic carbocycles. The Labute approximate surface area is 44.7 Å². The fourth-order valence-electron chi connectivity index (χ4n) is 0.395. The Morgan fingerprint density at radius 3 is 2.50 bits per heavy atom. The van der Waals surface area contributed by atoms with Crippen molar-refractivity contribution in [1.29, 1.82) is 5.26 Å². The Kier molecular flexibility index (Phi) is 0.947. The monoisotopic (exact) mass is 119 g/mol. The average molecular weight is 119 g/mol. The highest BCUT2D eigenvalue weighted by Gasteiger charge is 2.51. The lowest BCUT2D eigenvalue weighted by atomic mass is 10.1. The second-order valence-electron chi connectivity index (χ2n) is 1.54. The van der Waals surface area contributed by atoms with E-state index in [0.717, 1.165) is 6.07 Å². The van der Waals surface area contributed by atoms with Crippen LogP contribution in [-0.2, 0) is 4.74 Å². The summed E-state index contributed by atoms with van der Waals surface area (Å²) in [6.45, 7) is -0.302. The van der Waals surface area contributed by atoms with Crippen LogP contribution in [0, 0.1) is 11.3 Å². The van der Waals surface area contributed by atoms with E-state index in [9.17, 15) is 8.78 Å². The van der Waals surface area contributed by atoms with Crippen LogP contribution in [0.2, 0.25) is 0 Å². The maximum Gasteiger partial charge on any atom is 0.330 e. The van der Waals surface area contributed by atoms with Crippen LogP contribution in [0.3, 0.4) is 0 Å². The average Bonchev–Trinajstić information content (AvgIpc) is 1.83. The van der Waals surface area contributed by atoms with Crippen molar-refractivity contribution in [2.75, 3.05) is 6.61 Å². The first-order valence-corrected chi connectivity index (χ1v) is 2.07. The predicted octanol–water partition coefficient (Wildman–Crippen LogP) is 0.544. The smallest absolute Gasteiger partial charge is 0.329 e. The van der Waals surface area contributed by atoms with Crippen LogP contribution in [0.4, 0.5) is 8.78 Å². The third-order valence-corrected chi connectivity index (χ3v) is 0.995. The van der Waals surface area contributed by atoms with Crippen molar-refractivity contribution in [1.82, 2.24) is 0 Å². The van der Waals surface area contributed by atoms with Gasteiger partial charge in [0.1, 0.15) is 6.07 Å². The summed E-state index contributed by atoms with van der Waals surface area (Å²) in [6.07, 6.45) is -1.76. The van der Waals surface area contributed by atoms with Gasteiger partial charge in [0.2, 0.25) is 0 Å². The van der Waals surface area contributed by atoms with E-state index in [2.05, 4.69) is 4.74 Å². The molecule has 0 aromatic rings. The van der Waals surface area contributed by atoms with Crippen molar-refractivity contribution in [3.8, 4) is 6.07 Å². The fourth-order valence-corrected chi connectivity index (χ4v) is 0.395. The lowest BCUT2D eigenvalue weighted by Gasteiger charge is -2.30. The summed E-state index contributed by atoms with van der Waals surface area (Å²) >= 11 is 0. The normalized spacial score (nSPS) is 44.9. The fraction of sp³-hybridized carbons (Fsp3) is 0.750. The first kappa shape index (κ1) is 5.45. The van der Waals surface area contributed by atoms with Gasteiger partial charge in [0.15, 0.2) is 6.17 Å². The Hall–Kier alpha value is -0.690. The molecule has 1 rings (SSSR count). The number of nitriles is 1. The molecule has 2 atom stereocenters. The molecule has 1 saturated heterocycles. The van der Waals surface area contributed by atoms with E-state index in [0.29, 0.717) is 0 Å². The van der Waals surface area contributed by atoms with Crippen molar-refractivity contribution in [2.45, 2.75) is 12.0 Å². The molecule has 44 valence electrons. The standard InChI is InChI=1S/C4H3F2NO/c5-3-1-8-4(3,6)2-7/h3H,1H2. The van der Waals surface area contributed by atoms with Crippen LogP contribution < -0.4 is 0 Å². The summed E-state index contributed by atoms with van der Waals surface area (Å²) in [4.78, 5) is 0. The van der Waals surface area contributed by atoms with Gasteiger partial charge in [-0.3, -0.25) is 0 Å². The van der Waals surface area contributed by atoms with Gasteiger partial charge < -0.3 is 4.74 Å². The van der Waals surface area contributed by atoms with E-state index in [1.54, 1.807) is 0 Å². The maximum absolute atomic E-state index is 12.1. The third-order valence-electron chi connectivity index (χ3n) is 0.995. The Morgan fingerprint density at radius 1 is 1.88 bits per heavy atom. The van der Waals surface area contributed by atoms with Crippen LogP contribution in [-0.4, -0.2) is 18.6 Å². The van der Waals surface area contributed by atoms with Gasteiger partial charge >= 0.3 is 5.85 Å². The van der Waals surface area contributed by atoms with Crippen molar-refractivity contribution in [3.63, 3.8) is 0 Å². The second kappa shape index (κ2) is 1.39. The molecule has 0 bridgehead atoms. The molecule has 2 nitrogen and oxygen atoms in total. The molecular formula is C4H3F2NO. The van der Waals surface area contributed by atoms with E-state index in [4.69, 9.17) is 5.26 Å². The van der Waals surface area contributed by atoms with Gasteiger partial charge in [-0.2, -0.15) is 9.65 Å². The molecule has 4 heteroatoms. The number of halogens is 2. The largest absolute Gasteiger partial charge is 0.330 e. The highest BCUT2D eigenvalue weighted by molar-refractivity contribution is 5.04. The zero-order chi connectivity index (χ0) is 6.20. The number of ether oxygens (including phenoxy) is 1. The summed E-state index contributed by atoms with van der Waals surface area (Å²) in [7, 11) is 0. The van der Waals surface area contributed by atoms with E-state index in [1.807, 2.05) is 0 Å². The maximum atomic E-state index is 12.1. The quantitative estimate of drug-likeness (QED) is 0.466. The molecular weight excluding hydrogens is 116 g/mol. The predicted molar refractivity (Wildman–Crippen MR) is 20.3 cm³/mol. The summed E-state index contributed by atoms with van der Waals surface area (Å²) in [5.41, 5.74) is 0. The number of alkyl halides is 2. The molecule has 0 spiro atoms. The van der Waals surface area contributed by atoms with Gasteiger partial charge in [0.05, 0.1) is 6.61 Å². The van der Waals surface area contributed by atoms with E-state index in [-0.39, 0.29) is 6.61 Å². The van der Waals surface area contributed by atoms with Gasteiger partial charge in [-0.15, -0.1) is 0 Å². The Morgan fingerprint density at radius 2 is 2.50 bits per heavy atom. The number of hydrogen-bond acceptors (Lipinski definition) is 2. The summed E-state index contributed by atoms with van der Waals surface area (Å²) in [5.74, 6) is -2.64. The van der Waals surface area contributed by atoms with Gasteiger partial charge in [0, 0.05) is 0 Å². The van der Waals surface area contributed by atoms with Gasteiger partial charge in [-0.05, 0) is 0 Å². The van der Waals surface area contributed by atoms with Gasteiger partial charge in [0.25, 0.3) is 0 Å². The number of hydrogen-bond donors (Lipinski definition) is 0. The minimum Gasteiger partial charge on any atom is -0.329 e. The molecule has 0 amide bonds. The lowest BCUT2D eigenvalue weighted by molar-refractivity contribution is -0.247. The van der Waals surface area contributed by atoms with Crippen LogP contribution in [0.15, 0.2) is 0 Å². The molecule has 2 unspecified atom stereocenters. The first-order chi connectivity index (χ1) is 3.69. The van der Waals surface area contributed by atoms with Crippen molar-refractivity contribution < 1.29 is 13.5 Å². The second-order valence-corrected chi connectivity index (χ2v) is 1.54. The zero-order valence-corrected chi connectivity index (χ0v) is 3.90. The molecule has 1 aliphatic heterocycles. The van der Waals surface area contributed by atoms with Crippen molar-refractivity contribution in [3.05, 3.63) is 0 Å². The van der Waals surface area contributed by atoms with Gasteiger partial charge in [-0.25, -0.2) is 4.39 Å². The number of nitrogens with zero attached hydrogens (tertiary/aromatic N) is 1. The van der Waals surface area contributed by atoms with Crippen LogP contribution in [0.1, 0.15) is 0 Å². The highest BCUT2D eigenvalue weighted by Crippen LogP contribution is 2.29. The van der Waals surface area contributed by atoms with Gasteiger partial charge in [-0.1, -0.05) is 0 Å². The summed E-state index contributed by atoms with van der Waals surface area (Å²) in [5, 5.41) is 7.83. The summed E-state index contributed by atoms with van der Waals surface area (Å²) < 4.78 is 27.9. The molecule has 0 aromatic heterocycles. The lowest BCUT2D eigenvalue weighted by Crippen LogP contribution is -2.50. The molecule has 0 radical (unpaired) electrons. The minimum atomic E-state index is -2.64. The Balaban J connectivity index is 2.59. The van der Waals surface area contributed by atoms with Crippen molar-refractivity contribution in [2.24, 2.45) is 0 Å².